The lowest BCUT2D eigenvalue weighted by molar-refractivity contribution is -0.132. The van der Waals surface area contributed by atoms with Gasteiger partial charge in [0.15, 0.2) is 0 Å². The Hall–Kier alpha value is -3.11. The third-order valence-electron chi connectivity index (χ3n) is 8.35. The van der Waals surface area contributed by atoms with E-state index in [1.54, 1.807) is 0 Å². The van der Waals surface area contributed by atoms with E-state index in [1.165, 1.54) is 4.90 Å². The second kappa shape index (κ2) is 28.3. The molecule has 1 aromatic carbocycles. The van der Waals surface area contributed by atoms with Crippen molar-refractivity contribution in [1.82, 2.24) is 26.2 Å². The normalized spacial score (nSPS) is 17.3. The van der Waals surface area contributed by atoms with Crippen molar-refractivity contribution >= 4 is 31.2 Å². The maximum Gasteiger partial charge on any atom is 0.325 e. The number of aliphatic hydroxyl groups is 1. The molecule has 0 radical (unpaired) electrons. The number of nitrogens with one attached hydrogen (secondary N) is 4. The molecule has 1 aliphatic rings. The number of benzene rings is 1. The SMILES string of the molecule is CP(=O)(O)OC1CCC(C(=O)NCc2ccc(C[C@@H](C(=O)NCCOCCO)N(CC(=O)NCCOCCON)CC(=O)NCCOCCON)cc2)CC1. The van der Waals surface area contributed by atoms with E-state index in [0.717, 1.165) is 17.8 Å². The van der Waals surface area contributed by atoms with Crippen LogP contribution in [-0.4, -0.2) is 150 Å². The number of amides is 4. The van der Waals surface area contributed by atoms with Gasteiger partial charge in [0.25, 0.3) is 0 Å². The fraction of sp³-hybridized carbons (Fsp3) is 0.706. The van der Waals surface area contributed by atoms with Crippen molar-refractivity contribution in [3.63, 3.8) is 0 Å². The maximum atomic E-state index is 13.7. The molecule has 2 rings (SSSR count). The van der Waals surface area contributed by atoms with Gasteiger partial charge in [-0.05, 0) is 43.2 Å². The number of rotatable bonds is 30. The van der Waals surface area contributed by atoms with Crippen LogP contribution in [0.15, 0.2) is 24.3 Å². The largest absolute Gasteiger partial charge is 0.394 e. The molecule has 20 nitrogen and oxygen atoms in total. The number of carbonyl (C=O) groups excluding carboxylic acids is 4. The number of aliphatic hydroxyl groups excluding tert-OH is 1. The fourth-order valence-electron chi connectivity index (χ4n) is 5.68. The Morgan fingerprint density at radius 1 is 0.764 bits per heavy atom. The van der Waals surface area contributed by atoms with Gasteiger partial charge < -0.3 is 59.7 Å². The minimum absolute atomic E-state index is 0.105. The third kappa shape index (κ3) is 22.3. The quantitative estimate of drug-likeness (QED) is 0.0239. The summed E-state index contributed by atoms with van der Waals surface area (Å²) in [6.07, 6.45) is 1.94. The molecule has 2 atom stereocenters. The van der Waals surface area contributed by atoms with Crippen LogP contribution in [0.1, 0.15) is 36.8 Å². The molecule has 10 N–H and O–H groups in total. The van der Waals surface area contributed by atoms with Crippen molar-refractivity contribution < 1.29 is 62.2 Å². The minimum Gasteiger partial charge on any atom is -0.394 e. The van der Waals surface area contributed by atoms with Crippen molar-refractivity contribution in [2.75, 3.05) is 98.9 Å². The molecule has 4 amide bonds. The summed E-state index contributed by atoms with van der Waals surface area (Å²) >= 11 is 0. The monoisotopic (exact) mass is 805 g/mol. The number of ether oxygens (including phenoxy) is 3. The molecular formula is C34H60N7O13P. The molecule has 1 saturated carbocycles. The van der Waals surface area contributed by atoms with Gasteiger partial charge in [0.1, 0.15) is 0 Å². The lowest BCUT2D eigenvalue weighted by Crippen LogP contribution is -2.54. The molecule has 0 heterocycles. The Balaban J connectivity index is 2.12. The molecule has 21 heteroatoms. The Bertz CT molecular complexity index is 1270. The van der Waals surface area contributed by atoms with Crippen LogP contribution in [0.4, 0.5) is 0 Å². The summed E-state index contributed by atoms with van der Waals surface area (Å²) in [5.74, 6) is 8.34. The molecule has 1 unspecified atom stereocenters. The molecule has 55 heavy (non-hydrogen) atoms. The summed E-state index contributed by atoms with van der Waals surface area (Å²) in [7, 11) is -3.59. The second-order valence-electron chi connectivity index (χ2n) is 12.8. The Labute approximate surface area is 322 Å². The van der Waals surface area contributed by atoms with Crippen molar-refractivity contribution in [2.45, 2.75) is 50.8 Å². The smallest absolute Gasteiger partial charge is 0.325 e. The van der Waals surface area contributed by atoms with Crippen molar-refractivity contribution in [2.24, 2.45) is 17.7 Å². The summed E-state index contributed by atoms with van der Waals surface area (Å²) in [6.45, 7) is 2.64. The molecular weight excluding hydrogens is 745 g/mol. The van der Waals surface area contributed by atoms with Crippen LogP contribution in [-0.2, 0) is 65.1 Å². The van der Waals surface area contributed by atoms with Crippen molar-refractivity contribution in [3.8, 4) is 0 Å². The number of nitrogens with two attached hydrogens (primary N) is 2. The fourth-order valence-corrected chi connectivity index (χ4v) is 6.44. The van der Waals surface area contributed by atoms with E-state index in [1.807, 2.05) is 24.3 Å². The summed E-state index contributed by atoms with van der Waals surface area (Å²) in [5, 5.41) is 20.2. The van der Waals surface area contributed by atoms with Gasteiger partial charge in [0, 0.05) is 38.8 Å². The lowest BCUT2D eigenvalue weighted by Gasteiger charge is -2.30. The van der Waals surface area contributed by atoms with Gasteiger partial charge in [0.05, 0.1) is 84.7 Å². The topological polar surface area (TPSA) is 285 Å². The average molecular weight is 806 g/mol. The average Bonchev–Trinajstić information content (AvgIpc) is 3.15. The molecule has 0 saturated heterocycles. The molecule has 0 bridgehead atoms. The van der Waals surface area contributed by atoms with Crippen LogP contribution in [0.3, 0.4) is 0 Å². The van der Waals surface area contributed by atoms with Crippen LogP contribution in [0.25, 0.3) is 0 Å². The van der Waals surface area contributed by atoms with E-state index >= 15 is 0 Å². The second-order valence-corrected chi connectivity index (χ2v) is 14.7. The van der Waals surface area contributed by atoms with E-state index in [9.17, 15) is 28.6 Å². The molecule has 0 spiro atoms. The molecule has 1 fully saturated rings. The summed E-state index contributed by atoms with van der Waals surface area (Å²) in [5.41, 5.74) is 1.55. The first-order valence-electron chi connectivity index (χ1n) is 18.3. The van der Waals surface area contributed by atoms with Gasteiger partial charge in [-0.15, -0.1) is 0 Å². The number of nitrogens with zero attached hydrogens (tertiary/aromatic N) is 1. The highest BCUT2D eigenvalue weighted by atomic mass is 31.2. The minimum atomic E-state index is -3.59. The zero-order valence-electron chi connectivity index (χ0n) is 31.6. The first-order valence-corrected chi connectivity index (χ1v) is 20.3. The standard InChI is InChI=1S/C34H60N7O13P/c1-55(47,48)54-29-8-6-28(7-9-29)33(45)40-23-27-4-2-26(3-5-27)22-30(34(46)39-12-16-49-17-13-42)41(24-31(43)37-10-14-50-18-20-52-35)25-32(44)38-11-15-51-19-21-53-36/h2-5,28-30,42H,6-25,35-36H2,1H3,(H,37,43)(H,38,44)(H,39,46)(H,40,45)(H,47,48)/t28?,29?,30-/m0/s1. The Morgan fingerprint density at radius 2 is 1.27 bits per heavy atom. The highest BCUT2D eigenvalue weighted by Crippen LogP contribution is 2.42. The van der Waals surface area contributed by atoms with Gasteiger partial charge in [-0.1, -0.05) is 24.3 Å². The number of carbonyl (C=O) groups is 4. The first-order chi connectivity index (χ1) is 26.4. The summed E-state index contributed by atoms with van der Waals surface area (Å²) in [4.78, 5) is 72.6. The summed E-state index contributed by atoms with van der Waals surface area (Å²) < 4.78 is 32.7. The van der Waals surface area contributed by atoms with E-state index in [2.05, 4.69) is 30.9 Å². The first kappa shape index (κ1) is 48.0. The zero-order chi connectivity index (χ0) is 40.3. The molecule has 314 valence electrons. The van der Waals surface area contributed by atoms with E-state index in [-0.39, 0.29) is 123 Å². The lowest BCUT2D eigenvalue weighted by atomic mass is 9.87. The van der Waals surface area contributed by atoms with Crippen molar-refractivity contribution in [1.29, 1.82) is 0 Å². The predicted octanol–water partition coefficient (Wildman–Crippen LogP) is -1.92. The highest BCUT2D eigenvalue weighted by molar-refractivity contribution is 7.51. The number of hydrogen-bond acceptors (Lipinski definition) is 15. The van der Waals surface area contributed by atoms with E-state index in [0.29, 0.717) is 25.7 Å². The maximum absolute atomic E-state index is 13.7. The van der Waals surface area contributed by atoms with E-state index < -0.39 is 31.4 Å². The predicted molar refractivity (Wildman–Crippen MR) is 199 cm³/mol. The van der Waals surface area contributed by atoms with Gasteiger partial charge in [-0.25, -0.2) is 11.8 Å². The third-order valence-corrected chi connectivity index (χ3v) is 9.04. The summed E-state index contributed by atoms with van der Waals surface area (Å²) in [6, 6.07) is 6.31. The highest BCUT2D eigenvalue weighted by Gasteiger charge is 2.31. The van der Waals surface area contributed by atoms with E-state index in [4.69, 9.17) is 35.6 Å². The molecule has 1 aromatic rings. The van der Waals surface area contributed by atoms with Gasteiger partial charge in [-0.3, -0.25) is 28.6 Å². The van der Waals surface area contributed by atoms with Crippen LogP contribution >= 0.6 is 7.60 Å². The molecule has 1 aliphatic carbocycles. The van der Waals surface area contributed by atoms with Gasteiger partial charge in [0.2, 0.25) is 23.6 Å². The molecule has 0 aliphatic heterocycles. The Morgan fingerprint density at radius 3 is 1.78 bits per heavy atom. The van der Waals surface area contributed by atoms with Crippen molar-refractivity contribution in [3.05, 3.63) is 35.4 Å². The Kier molecular flexibility index (Phi) is 24.7. The number of hydrogen-bond donors (Lipinski definition) is 8. The molecule has 0 aromatic heterocycles. The zero-order valence-corrected chi connectivity index (χ0v) is 32.5. The van der Waals surface area contributed by atoms with Crippen LogP contribution in [0.2, 0.25) is 0 Å². The van der Waals surface area contributed by atoms with Crippen LogP contribution < -0.4 is 33.1 Å². The van der Waals surface area contributed by atoms with Crippen LogP contribution in [0.5, 0.6) is 0 Å². The van der Waals surface area contributed by atoms with Gasteiger partial charge >= 0.3 is 7.60 Å². The van der Waals surface area contributed by atoms with Crippen LogP contribution in [0, 0.1) is 5.92 Å². The van der Waals surface area contributed by atoms with Gasteiger partial charge in [-0.2, -0.15) is 0 Å².